The lowest BCUT2D eigenvalue weighted by Gasteiger charge is -2.40. The quantitative estimate of drug-likeness (QED) is 0.848. The molecular formula is C16H22N2O3S. The normalized spacial score (nSPS) is 26.3. The predicted octanol–water partition coefficient (Wildman–Crippen LogP) is 1.52. The molecule has 2 saturated heterocycles. The molecular weight excluding hydrogens is 300 g/mol. The van der Waals surface area contributed by atoms with Crippen molar-refractivity contribution < 1.29 is 13.2 Å². The van der Waals surface area contributed by atoms with E-state index < -0.39 is 16.1 Å². The Balaban J connectivity index is 1.83. The molecule has 2 aliphatic heterocycles. The first kappa shape index (κ1) is 15.5. The summed E-state index contributed by atoms with van der Waals surface area (Å²) in [6.45, 7) is 4.84. The van der Waals surface area contributed by atoms with E-state index in [0.29, 0.717) is 6.54 Å². The maximum absolute atomic E-state index is 12.8. The van der Waals surface area contributed by atoms with E-state index in [2.05, 4.69) is 0 Å². The van der Waals surface area contributed by atoms with Gasteiger partial charge in [-0.2, -0.15) is 4.31 Å². The van der Waals surface area contributed by atoms with Crippen LogP contribution in [-0.2, 0) is 20.6 Å². The molecule has 6 heteroatoms. The summed E-state index contributed by atoms with van der Waals surface area (Å²) in [4.78, 5) is 14.2. The molecule has 3 rings (SSSR count). The van der Waals surface area contributed by atoms with Crippen molar-refractivity contribution in [3.05, 3.63) is 35.4 Å². The van der Waals surface area contributed by atoms with Gasteiger partial charge in [0.15, 0.2) is 0 Å². The van der Waals surface area contributed by atoms with Crippen LogP contribution >= 0.6 is 0 Å². The van der Waals surface area contributed by atoms with Crippen molar-refractivity contribution in [2.75, 3.05) is 13.1 Å². The van der Waals surface area contributed by atoms with Gasteiger partial charge < -0.3 is 4.90 Å². The zero-order valence-electron chi connectivity index (χ0n) is 13.0. The smallest absolute Gasteiger partial charge is 0.241 e. The van der Waals surface area contributed by atoms with E-state index in [-0.39, 0.29) is 17.7 Å². The summed E-state index contributed by atoms with van der Waals surface area (Å²) in [7, 11) is -3.49. The number of hydrogen-bond donors (Lipinski definition) is 0. The highest BCUT2D eigenvalue weighted by Crippen LogP contribution is 2.28. The van der Waals surface area contributed by atoms with Crippen LogP contribution in [0.15, 0.2) is 24.3 Å². The van der Waals surface area contributed by atoms with Crippen molar-refractivity contribution in [3.8, 4) is 0 Å². The highest BCUT2D eigenvalue weighted by molar-refractivity contribution is 7.88. The van der Waals surface area contributed by atoms with Gasteiger partial charge in [-0.3, -0.25) is 4.79 Å². The fourth-order valence-corrected chi connectivity index (χ4v) is 5.23. The SMILES string of the molecule is Cc1cccc(CS(=O)(=O)N2C[C@@H]3CCCN3C(=O)[C@H]2C)c1. The van der Waals surface area contributed by atoms with Crippen LogP contribution in [0, 0.1) is 6.92 Å². The second-order valence-electron chi connectivity index (χ2n) is 6.32. The lowest BCUT2D eigenvalue weighted by atomic mass is 10.1. The van der Waals surface area contributed by atoms with Gasteiger partial charge in [-0.05, 0) is 32.3 Å². The molecule has 5 nitrogen and oxygen atoms in total. The Morgan fingerprint density at radius 1 is 1.32 bits per heavy atom. The van der Waals surface area contributed by atoms with Crippen LogP contribution in [0.2, 0.25) is 0 Å². The van der Waals surface area contributed by atoms with Gasteiger partial charge in [0.1, 0.15) is 6.04 Å². The Bertz CT molecular complexity index is 686. The molecule has 0 bridgehead atoms. The monoisotopic (exact) mass is 322 g/mol. The summed E-state index contributed by atoms with van der Waals surface area (Å²) in [5, 5.41) is 0. The van der Waals surface area contributed by atoms with Gasteiger partial charge in [0.2, 0.25) is 15.9 Å². The molecule has 120 valence electrons. The van der Waals surface area contributed by atoms with Crippen LogP contribution in [0.25, 0.3) is 0 Å². The lowest BCUT2D eigenvalue weighted by Crippen LogP contribution is -2.60. The summed E-state index contributed by atoms with van der Waals surface area (Å²) in [5.74, 6) is -0.0967. The number of piperazine rings is 1. The number of carbonyl (C=O) groups excluding carboxylic acids is 1. The fourth-order valence-electron chi connectivity index (χ4n) is 3.49. The molecule has 2 atom stereocenters. The summed E-state index contributed by atoms with van der Waals surface area (Å²) in [6.07, 6.45) is 1.86. The summed E-state index contributed by atoms with van der Waals surface area (Å²) < 4.78 is 26.9. The second kappa shape index (κ2) is 5.66. The van der Waals surface area contributed by atoms with E-state index in [0.717, 1.165) is 30.5 Å². The minimum atomic E-state index is -3.49. The molecule has 0 N–H and O–H groups in total. The molecule has 1 aromatic carbocycles. The molecule has 1 amide bonds. The van der Waals surface area contributed by atoms with Gasteiger partial charge in [0.25, 0.3) is 0 Å². The highest BCUT2D eigenvalue weighted by atomic mass is 32.2. The topological polar surface area (TPSA) is 57.7 Å². The van der Waals surface area contributed by atoms with E-state index in [1.807, 2.05) is 36.1 Å². The molecule has 0 aromatic heterocycles. The number of hydrogen-bond acceptors (Lipinski definition) is 3. The third kappa shape index (κ3) is 2.77. The molecule has 0 aliphatic carbocycles. The summed E-state index contributed by atoms with van der Waals surface area (Å²) in [6, 6.07) is 6.97. The van der Waals surface area contributed by atoms with Crippen molar-refractivity contribution in [2.24, 2.45) is 0 Å². The van der Waals surface area contributed by atoms with Gasteiger partial charge in [0.05, 0.1) is 5.75 Å². The number of amides is 1. The molecule has 2 fully saturated rings. The van der Waals surface area contributed by atoms with Crippen molar-refractivity contribution in [1.29, 1.82) is 0 Å². The second-order valence-corrected chi connectivity index (χ2v) is 8.24. The first-order valence-corrected chi connectivity index (χ1v) is 9.35. The molecule has 0 spiro atoms. The Kier molecular flexibility index (Phi) is 3.99. The predicted molar refractivity (Wildman–Crippen MR) is 84.7 cm³/mol. The van der Waals surface area contributed by atoms with Gasteiger partial charge >= 0.3 is 0 Å². The molecule has 2 heterocycles. The van der Waals surface area contributed by atoms with Crippen LogP contribution in [0.1, 0.15) is 30.9 Å². The van der Waals surface area contributed by atoms with E-state index in [1.54, 1.807) is 6.92 Å². The standard InChI is InChI=1S/C16H22N2O3S/c1-12-5-3-6-14(9-12)11-22(20,21)18-10-15-7-4-8-17(15)16(19)13(18)2/h3,5-6,9,13,15H,4,7-8,10-11H2,1-2H3/t13-,15+/m1/s1. The third-order valence-corrected chi connectivity index (χ3v) is 6.51. The van der Waals surface area contributed by atoms with Gasteiger partial charge in [-0.25, -0.2) is 8.42 Å². The number of benzene rings is 1. The third-order valence-electron chi connectivity index (χ3n) is 4.63. The lowest BCUT2D eigenvalue weighted by molar-refractivity contribution is -0.139. The Hall–Kier alpha value is -1.40. The number of sulfonamides is 1. The first-order valence-electron chi connectivity index (χ1n) is 7.74. The number of carbonyl (C=O) groups is 1. The van der Waals surface area contributed by atoms with Crippen molar-refractivity contribution >= 4 is 15.9 Å². The van der Waals surface area contributed by atoms with Crippen LogP contribution in [-0.4, -0.2) is 48.7 Å². The molecule has 22 heavy (non-hydrogen) atoms. The first-order chi connectivity index (χ1) is 10.4. The van der Waals surface area contributed by atoms with Gasteiger partial charge in [-0.15, -0.1) is 0 Å². The molecule has 2 aliphatic rings. The number of rotatable bonds is 3. The average Bonchev–Trinajstić information content (AvgIpc) is 2.90. The summed E-state index contributed by atoms with van der Waals surface area (Å²) in [5.41, 5.74) is 1.81. The maximum atomic E-state index is 12.8. The minimum Gasteiger partial charge on any atom is -0.337 e. The van der Waals surface area contributed by atoms with Gasteiger partial charge in [-0.1, -0.05) is 29.8 Å². The van der Waals surface area contributed by atoms with E-state index in [1.165, 1.54) is 4.31 Å². The Labute approximate surface area is 132 Å². The molecule has 0 radical (unpaired) electrons. The van der Waals surface area contributed by atoms with E-state index in [4.69, 9.17) is 0 Å². The van der Waals surface area contributed by atoms with Crippen molar-refractivity contribution in [2.45, 2.75) is 44.5 Å². The molecule has 0 unspecified atom stereocenters. The highest BCUT2D eigenvalue weighted by Gasteiger charge is 2.44. The Morgan fingerprint density at radius 3 is 2.82 bits per heavy atom. The van der Waals surface area contributed by atoms with Crippen LogP contribution in [0.5, 0.6) is 0 Å². The van der Waals surface area contributed by atoms with Crippen LogP contribution in [0.3, 0.4) is 0 Å². The fraction of sp³-hybridized carbons (Fsp3) is 0.562. The van der Waals surface area contributed by atoms with Crippen LogP contribution in [0.4, 0.5) is 0 Å². The van der Waals surface area contributed by atoms with Crippen molar-refractivity contribution in [1.82, 2.24) is 9.21 Å². The van der Waals surface area contributed by atoms with Crippen molar-refractivity contribution in [3.63, 3.8) is 0 Å². The zero-order valence-corrected chi connectivity index (χ0v) is 13.8. The number of aryl methyl sites for hydroxylation is 1. The molecule has 0 saturated carbocycles. The number of fused-ring (bicyclic) bond motifs is 1. The zero-order chi connectivity index (χ0) is 15.9. The molecule has 1 aromatic rings. The Morgan fingerprint density at radius 2 is 2.09 bits per heavy atom. The van der Waals surface area contributed by atoms with Gasteiger partial charge in [0, 0.05) is 19.1 Å². The van der Waals surface area contributed by atoms with E-state index in [9.17, 15) is 13.2 Å². The van der Waals surface area contributed by atoms with E-state index >= 15 is 0 Å². The average molecular weight is 322 g/mol. The minimum absolute atomic E-state index is 0.0426. The van der Waals surface area contributed by atoms with Crippen LogP contribution < -0.4 is 0 Å². The largest absolute Gasteiger partial charge is 0.337 e. The summed E-state index contributed by atoms with van der Waals surface area (Å²) >= 11 is 0. The number of nitrogens with zero attached hydrogens (tertiary/aromatic N) is 2. The maximum Gasteiger partial charge on any atom is 0.241 e.